The van der Waals surface area contributed by atoms with Crippen molar-refractivity contribution in [1.29, 1.82) is 0 Å². The van der Waals surface area contributed by atoms with Gasteiger partial charge in [0, 0.05) is 43.7 Å². The van der Waals surface area contributed by atoms with Gasteiger partial charge in [-0.1, -0.05) is 13.0 Å². The first-order chi connectivity index (χ1) is 22.7. The highest BCUT2D eigenvalue weighted by Crippen LogP contribution is 2.43. The average Bonchev–Trinajstić information content (AvgIpc) is 3.80. The van der Waals surface area contributed by atoms with E-state index in [0.717, 1.165) is 19.4 Å². The van der Waals surface area contributed by atoms with Gasteiger partial charge >= 0.3 is 6.01 Å². The highest BCUT2D eigenvalue weighted by molar-refractivity contribution is 6.02. The Balaban J connectivity index is 1.26. The van der Waals surface area contributed by atoms with E-state index < -0.39 is 29.4 Å². The molecule has 5 atom stereocenters. The molecule has 13 heteroatoms. The van der Waals surface area contributed by atoms with Gasteiger partial charge in [-0.2, -0.15) is 9.97 Å². The number of aliphatic hydroxyl groups excluding tert-OH is 1. The molecule has 4 aliphatic rings. The van der Waals surface area contributed by atoms with Crippen molar-refractivity contribution in [3.05, 3.63) is 47.7 Å². The molecule has 4 aromatic rings. The number of anilines is 1. The van der Waals surface area contributed by atoms with Crippen LogP contribution in [0.15, 0.2) is 30.5 Å². The van der Waals surface area contributed by atoms with Crippen LogP contribution in [0.3, 0.4) is 0 Å². The topological polar surface area (TPSA) is 124 Å². The largest absolute Gasteiger partial charge is 0.508 e. The Morgan fingerprint density at radius 3 is 2.83 bits per heavy atom. The number of amides is 1. The zero-order valence-corrected chi connectivity index (χ0v) is 25.8. The van der Waals surface area contributed by atoms with Gasteiger partial charge in [0.25, 0.3) is 0 Å². The number of carbonyl (C=O) groups is 1. The number of halogens is 3. The fourth-order valence-electron chi connectivity index (χ4n) is 8.46. The molecule has 1 amide bonds. The summed E-state index contributed by atoms with van der Waals surface area (Å²) in [7, 11) is 0. The summed E-state index contributed by atoms with van der Waals surface area (Å²) >= 11 is 0. The lowest BCUT2D eigenvalue weighted by molar-refractivity contribution is -0.122. The number of rotatable bonds is 7. The standard InChI is InChI=1S/C34H35F3N6O4/c1-2-20-25(36)5-4-17-8-19(45)9-21(27(17)20)29-28(37)30-22(11-38-29)31(42-13-23-24(14-42)32(46)39-26(23)15-44)41-33(40-30)47-16-34-6-3-7-43(34)12-18(35)10-34/h4-5,8-9,11,18,23-24,26,44-45H,2-3,6-7,10,12-16H2,1H3,(H,39,46)/t18-,23?,24-,26-,34+/m1/s1. The number of hydrogen-bond donors (Lipinski definition) is 3. The van der Waals surface area contributed by atoms with E-state index in [4.69, 9.17) is 9.72 Å². The van der Waals surface area contributed by atoms with Crippen LogP contribution in [0, 0.1) is 23.5 Å². The maximum absolute atomic E-state index is 16.9. The monoisotopic (exact) mass is 648 g/mol. The molecule has 6 heterocycles. The number of aromatic nitrogens is 3. The molecule has 8 rings (SSSR count). The summed E-state index contributed by atoms with van der Waals surface area (Å²) in [6.45, 7) is 3.52. The molecule has 0 saturated carbocycles. The first-order valence-corrected chi connectivity index (χ1v) is 16.2. The van der Waals surface area contributed by atoms with Gasteiger partial charge in [-0.15, -0.1) is 0 Å². The van der Waals surface area contributed by atoms with Gasteiger partial charge in [-0.05, 0) is 60.3 Å². The van der Waals surface area contributed by atoms with Crippen molar-refractivity contribution in [3.8, 4) is 23.0 Å². The summed E-state index contributed by atoms with van der Waals surface area (Å²) in [5.74, 6) is -1.76. The highest BCUT2D eigenvalue weighted by atomic mass is 19.1. The third kappa shape index (κ3) is 4.76. The van der Waals surface area contributed by atoms with Crippen molar-refractivity contribution < 1.29 is 32.9 Å². The fourth-order valence-corrected chi connectivity index (χ4v) is 8.46. The van der Waals surface area contributed by atoms with Crippen LogP contribution in [0.2, 0.25) is 0 Å². The van der Waals surface area contributed by atoms with Gasteiger partial charge in [0.1, 0.15) is 41.4 Å². The van der Waals surface area contributed by atoms with Crippen LogP contribution in [0.1, 0.15) is 31.7 Å². The Hall–Kier alpha value is -4.23. The van der Waals surface area contributed by atoms with E-state index in [1.54, 1.807) is 6.92 Å². The molecule has 4 fully saturated rings. The third-order valence-electron chi connectivity index (χ3n) is 10.7. The van der Waals surface area contributed by atoms with Crippen LogP contribution < -0.4 is 15.0 Å². The van der Waals surface area contributed by atoms with Crippen LogP contribution in [0.5, 0.6) is 11.8 Å². The number of benzene rings is 2. The number of aliphatic hydroxyl groups is 1. The van der Waals surface area contributed by atoms with Crippen molar-refractivity contribution >= 4 is 33.4 Å². The minimum Gasteiger partial charge on any atom is -0.508 e. The highest BCUT2D eigenvalue weighted by Gasteiger charge is 2.50. The Labute approximate surface area is 268 Å². The van der Waals surface area contributed by atoms with E-state index in [1.807, 2.05) is 4.90 Å². The molecular formula is C34H35F3N6O4. The summed E-state index contributed by atoms with van der Waals surface area (Å²) in [5.41, 5.74) is -0.106. The molecule has 0 radical (unpaired) electrons. The minimum absolute atomic E-state index is 0.0864. The second-order valence-corrected chi connectivity index (χ2v) is 13.3. The average molecular weight is 649 g/mol. The molecule has 0 bridgehead atoms. The van der Waals surface area contributed by atoms with Gasteiger partial charge in [-0.25, -0.2) is 13.2 Å². The number of nitrogens with one attached hydrogen (secondary N) is 1. The maximum Gasteiger partial charge on any atom is 0.319 e. The lowest BCUT2D eigenvalue weighted by Crippen LogP contribution is -2.43. The molecule has 2 aromatic carbocycles. The van der Waals surface area contributed by atoms with Crippen molar-refractivity contribution in [3.63, 3.8) is 0 Å². The van der Waals surface area contributed by atoms with E-state index in [0.29, 0.717) is 54.6 Å². The predicted molar refractivity (Wildman–Crippen MR) is 168 cm³/mol. The number of phenols is 1. The second kappa shape index (κ2) is 11.2. The Morgan fingerprint density at radius 2 is 2.02 bits per heavy atom. The van der Waals surface area contributed by atoms with Gasteiger partial charge in [-0.3, -0.25) is 14.7 Å². The number of carbonyl (C=O) groups excluding carboxylic acids is 1. The molecule has 0 aliphatic carbocycles. The first-order valence-electron chi connectivity index (χ1n) is 16.2. The van der Waals surface area contributed by atoms with Crippen LogP contribution in [-0.2, 0) is 11.2 Å². The second-order valence-electron chi connectivity index (χ2n) is 13.3. The molecule has 3 N–H and O–H groups in total. The Morgan fingerprint density at radius 1 is 1.17 bits per heavy atom. The molecule has 246 valence electrons. The lowest BCUT2D eigenvalue weighted by Gasteiger charge is -2.31. The zero-order valence-electron chi connectivity index (χ0n) is 25.8. The molecule has 1 unspecified atom stereocenters. The number of aryl methyl sites for hydroxylation is 1. The number of ether oxygens (including phenoxy) is 1. The van der Waals surface area contributed by atoms with Gasteiger partial charge < -0.3 is 25.2 Å². The zero-order chi connectivity index (χ0) is 32.6. The van der Waals surface area contributed by atoms with Crippen molar-refractivity contribution in [2.24, 2.45) is 11.8 Å². The fraction of sp³-hybridized carbons (Fsp3) is 0.471. The molecule has 4 saturated heterocycles. The van der Waals surface area contributed by atoms with E-state index in [1.165, 1.54) is 30.5 Å². The molecule has 47 heavy (non-hydrogen) atoms. The number of aromatic hydroxyl groups is 1. The third-order valence-corrected chi connectivity index (χ3v) is 10.7. The van der Waals surface area contributed by atoms with Gasteiger partial charge in [0.15, 0.2) is 5.82 Å². The lowest BCUT2D eigenvalue weighted by atomic mass is 9.94. The molecular weight excluding hydrogens is 613 g/mol. The van der Waals surface area contributed by atoms with Crippen LogP contribution in [0.25, 0.3) is 32.9 Å². The summed E-state index contributed by atoms with van der Waals surface area (Å²) in [4.78, 5) is 30.4. The van der Waals surface area contributed by atoms with Crippen molar-refractivity contribution in [2.75, 3.05) is 44.3 Å². The molecule has 0 spiro atoms. The van der Waals surface area contributed by atoms with E-state index in [2.05, 4.69) is 20.2 Å². The van der Waals surface area contributed by atoms with Crippen LogP contribution in [-0.4, -0.2) is 93.1 Å². The number of phenolic OH excluding ortho intramolecular Hbond substituents is 1. The number of hydrogen-bond acceptors (Lipinski definition) is 9. The van der Waals surface area contributed by atoms with E-state index in [-0.39, 0.29) is 64.9 Å². The van der Waals surface area contributed by atoms with Crippen molar-refractivity contribution in [1.82, 2.24) is 25.2 Å². The number of pyridine rings is 1. The minimum atomic E-state index is -0.956. The Kier molecular flexibility index (Phi) is 7.17. The Bertz CT molecular complexity index is 1930. The number of nitrogens with zero attached hydrogens (tertiary/aromatic N) is 5. The molecule has 4 aliphatic heterocycles. The predicted octanol–water partition coefficient (Wildman–Crippen LogP) is 3.89. The summed E-state index contributed by atoms with van der Waals surface area (Å²) < 4.78 is 52.5. The summed E-state index contributed by atoms with van der Waals surface area (Å²) in [6, 6.07) is 5.24. The smallest absolute Gasteiger partial charge is 0.319 e. The van der Waals surface area contributed by atoms with Gasteiger partial charge in [0.2, 0.25) is 5.91 Å². The summed E-state index contributed by atoms with van der Waals surface area (Å²) in [5, 5.41) is 24.6. The maximum atomic E-state index is 16.9. The summed E-state index contributed by atoms with van der Waals surface area (Å²) in [6.07, 6.45) is 2.86. The van der Waals surface area contributed by atoms with Crippen molar-refractivity contribution in [2.45, 2.75) is 50.4 Å². The van der Waals surface area contributed by atoms with E-state index in [9.17, 15) is 23.8 Å². The quantitative estimate of drug-likeness (QED) is 0.274. The van der Waals surface area contributed by atoms with Crippen LogP contribution in [0.4, 0.5) is 19.0 Å². The van der Waals surface area contributed by atoms with E-state index >= 15 is 4.39 Å². The molecule has 2 aromatic heterocycles. The van der Waals surface area contributed by atoms with Crippen LogP contribution >= 0.6 is 0 Å². The SMILES string of the molecule is CCc1c(F)ccc2cc(O)cc(-c3ncc4c(N5CC6[C@@H](CO)NC(=O)[C@@H]6C5)nc(OC[C@@]56CCCN5C[C@H](F)C6)nc4c3F)c12. The van der Waals surface area contributed by atoms with Gasteiger partial charge in [0.05, 0.1) is 29.5 Å². The number of alkyl halides is 1. The number of fused-ring (bicyclic) bond motifs is 4. The molecule has 10 nitrogen and oxygen atoms in total. The first kappa shape index (κ1) is 30.1. The normalized spacial score (nSPS) is 27.2.